The van der Waals surface area contributed by atoms with E-state index < -0.39 is 0 Å². The van der Waals surface area contributed by atoms with E-state index in [-0.39, 0.29) is 0 Å². The van der Waals surface area contributed by atoms with Crippen molar-refractivity contribution in [2.75, 3.05) is 18.4 Å². The van der Waals surface area contributed by atoms with Gasteiger partial charge in [0.15, 0.2) is 0 Å². The molecule has 2 aromatic rings. The van der Waals surface area contributed by atoms with E-state index in [1.165, 1.54) is 35.2 Å². The lowest BCUT2D eigenvalue weighted by Crippen LogP contribution is -2.21. The third-order valence-electron chi connectivity index (χ3n) is 5.00. The summed E-state index contributed by atoms with van der Waals surface area (Å²) in [7, 11) is 0. The number of nitrogens with one attached hydrogen (secondary N) is 2. The summed E-state index contributed by atoms with van der Waals surface area (Å²) in [6.07, 6.45) is 2.44. The average molecular weight is 278 g/mol. The van der Waals surface area contributed by atoms with Crippen LogP contribution in [0.3, 0.4) is 0 Å². The summed E-state index contributed by atoms with van der Waals surface area (Å²) in [6.45, 7) is 4.47. The van der Waals surface area contributed by atoms with Gasteiger partial charge in [0.2, 0.25) is 0 Å². The molecule has 0 amide bonds. The summed E-state index contributed by atoms with van der Waals surface area (Å²) in [5.41, 5.74) is 7.07. The van der Waals surface area contributed by atoms with Crippen LogP contribution in [0.2, 0.25) is 0 Å². The van der Waals surface area contributed by atoms with Crippen LogP contribution in [0.15, 0.2) is 42.5 Å². The molecule has 0 saturated carbocycles. The first-order valence-corrected chi connectivity index (χ1v) is 8.01. The molecule has 108 valence electrons. The van der Waals surface area contributed by atoms with Gasteiger partial charge in [0.05, 0.1) is 0 Å². The van der Waals surface area contributed by atoms with Gasteiger partial charge in [-0.2, -0.15) is 0 Å². The van der Waals surface area contributed by atoms with Crippen molar-refractivity contribution in [3.05, 3.63) is 53.6 Å². The second-order valence-electron chi connectivity index (χ2n) is 6.27. The molecule has 0 spiro atoms. The van der Waals surface area contributed by atoms with Gasteiger partial charge in [0.1, 0.15) is 0 Å². The summed E-state index contributed by atoms with van der Waals surface area (Å²) >= 11 is 0. The molecule has 0 aliphatic carbocycles. The highest BCUT2D eigenvalue weighted by atomic mass is 15.0. The molecule has 4 rings (SSSR count). The van der Waals surface area contributed by atoms with Crippen molar-refractivity contribution in [1.29, 1.82) is 0 Å². The third-order valence-corrected chi connectivity index (χ3v) is 5.00. The first-order chi connectivity index (χ1) is 10.3. The molecule has 1 fully saturated rings. The van der Waals surface area contributed by atoms with E-state index in [4.69, 9.17) is 0 Å². The Morgan fingerprint density at radius 2 is 1.71 bits per heavy atom. The number of hydrogen-bond acceptors (Lipinski definition) is 2. The molecule has 2 nitrogen and oxygen atoms in total. The zero-order valence-corrected chi connectivity index (χ0v) is 12.5. The van der Waals surface area contributed by atoms with Crippen molar-refractivity contribution in [3.8, 4) is 11.1 Å². The Labute approximate surface area is 126 Å². The maximum atomic E-state index is 3.77. The topological polar surface area (TPSA) is 24.1 Å². The van der Waals surface area contributed by atoms with Gasteiger partial charge in [-0.1, -0.05) is 36.4 Å². The highest BCUT2D eigenvalue weighted by molar-refractivity contribution is 5.79. The lowest BCUT2D eigenvalue weighted by atomic mass is 9.85. The highest BCUT2D eigenvalue weighted by Gasteiger charge is 2.34. The van der Waals surface area contributed by atoms with Crippen LogP contribution >= 0.6 is 0 Å². The molecule has 2 heterocycles. The minimum atomic E-state index is 0.597. The van der Waals surface area contributed by atoms with Gasteiger partial charge < -0.3 is 10.6 Å². The number of aryl methyl sites for hydroxylation is 1. The number of hydrogen-bond donors (Lipinski definition) is 2. The fraction of sp³-hybridized carbons (Fsp3) is 0.368. The van der Waals surface area contributed by atoms with Crippen molar-refractivity contribution >= 4 is 5.69 Å². The Hall–Kier alpha value is -1.80. The van der Waals surface area contributed by atoms with Gasteiger partial charge in [-0.15, -0.1) is 0 Å². The molecule has 21 heavy (non-hydrogen) atoms. The van der Waals surface area contributed by atoms with E-state index in [1.54, 1.807) is 5.56 Å². The van der Waals surface area contributed by atoms with Crippen LogP contribution < -0.4 is 10.6 Å². The number of benzene rings is 2. The Bertz CT molecular complexity index is 662. The molecule has 0 bridgehead atoms. The van der Waals surface area contributed by atoms with E-state index >= 15 is 0 Å². The zero-order valence-electron chi connectivity index (χ0n) is 12.5. The van der Waals surface area contributed by atoms with Crippen LogP contribution in [0.5, 0.6) is 0 Å². The van der Waals surface area contributed by atoms with E-state index in [0.29, 0.717) is 12.0 Å². The van der Waals surface area contributed by atoms with Gasteiger partial charge in [-0.05, 0) is 61.2 Å². The van der Waals surface area contributed by atoms with Crippen LogP contribution in [0.1, 0.15) is 29.9 Å². The van der Waals surface area contributed by atoms with Crippen LogP contribution in [-0.4, -0.2) is 19.1 Å². The summed E-state index contributed by atoms with van der Waals surface area (Å²) in [5.74, 6) is 0.644. The van der Waals surface area contributed by atoms with Crippen molar-refractivity contribution < 1.29 is 0 Å². The molecule has 1 saturated heterocycles. The maximum Gasteiger partial charge on any atom is 0.0384 e. The smallest absolute Gasteiger partial charge is 0.0384 e. The second kappa shape index (κ2) is 5.19. The lowest BCUT2D eigenvalue weighted by molar-refractivity contribution is 0.579. The maximum absolute atomic E-state index is 3.77. The lowest BCUT2D eigenvalue weighted by Gasteiger charge is -2.18. The van der Waals surface area contributed by atoms with Gasteiger partial charge in [-0.3, -0.25) is 0 Å². The average Bonchev–Trinajstić information content (AvgIpc) is 2.70. The summed E-state index contributed by atoms with van der Waals surface area (Å²) in [6, 6.07) is 16.1. The van der Waals surface area contributed by atoms with Gasteiger partial charge in [0.25, 0.3) is 0 Å². The predicted octanol–water partition coefficient (Wildman–Crippen LogP) is 3.92. The first kappa shape index (κ1) is 12.9. The molecule has 2 aliphatic rings. The molecule has 2 aromatic carbocycles. The van der Waals surface area contributed by atoms with Crippen LogP contribution in [0.25, 0.3) is 11.1 Å². The zero-order chi connectivity index (χ0) is 14.2. The van der Waals surface area contributed by atoms with Crippen molar-refractivity contribution in [2.24, 2.45) is 0 Å². The van der Waals surface area contributed by atoms with Crippen LogP contribution in [-0.2, 0) is 0 Å². The third kappa shape index (κ3) is 2.14. The quantitative estimate of drug-likeness (QED) is 0.826. The molecule has 2 N–H and O–H groups in total. The largest absolute Gasteiger partial charge is 0.381 e. The van der Waals surface area contributed by atoms with Gasteiger partial charge in [-0.25, -0.2) is 0 Å². The fourth-order valence-electron chi connectivity index (χ4n) is 3.96. The van der Waals surface area contributed by atoms with E-state index in [2.05, 4.69) is 60.0 Å². The molecule has 0 aromatic heterocycles. The SMILES string of the molecule is Cc1ccccc1-c1cccc2c1C1CCNCCC1N2. The number of fused-ring (bicyclic) bond motifs is 3. The van der Waals surface area contributed by atoms with Crippen molar-refractivity contribution in [1.82, 2.24) is 5.32 Å². The summed E-state index contributed by atoms with van der Waals surface area (Å²) in [4.78, 5) is 0. The molecular formula is C19H22N2. The summed E-state index contributed by atoms with van der Waals surface area (Å²) < 4.78 is 0. The Morgan fingerprint density at radius 1 is 0.905 bits per heavy atom. The van der Waals surface area contributed by atoms with Gasteiger partial charge >= 0.3 is 0 Å². The predicted molar refractivity (Wildman–Crippen MR) is 88.9 cm³/mol. The molecular weight excluding hydrogens is 256 g/mol. The van der Waals surface area contributed by atoms with E-state index in [0.717, 1.165) is 13.1 Å². The molecule has 2 atom stereocenters. The number of rotatable bonds is 1. The highest BCUT2D eigenvalue weighted by Crippen LogP contribution is 2.45. The standard InChI is InChI=1S/C19H22N2/c1-13-5-2-3-6-14(13)15-7-4-8-18-19(15)16-9-11-20-12-10-17(16)21-18/h2-8,16-17,20-21H,9-12H2,1H3. The van der Waals surface area contributed by atoms with Crippen molar-refractivity contribution in [2.45, 2.75) is 31.7 Å². The molecule has 0 radical (unpaired) electrons. The van der Waals surface area contributed by atoms with Crippen LogP contribution in [0, 0.1) is 6.92 Å². The van der Waals surface area contributed by atoms with E-state index in [9.17, 15) is 0 Å². The normalized spacial score (nSPS) is 23.9. The molecule has 2 heteroatoms. The molecule has 2 aliphatic heterocycles. The van der Waals surface area contributed by atoms with E-state index in [1.807, 2.05) is 0 Å². The minimum Gasteiger partial charge on any atom is -0.381 e. The summed E-state index contributed by atoms with van der Waals surface area (Å²) in [5, 5.41) is 7.30. The Kier molecular flexibility index (Phi) is 3.19. The fourth-order valence-corrected chi connectivity index (χ4v) is 3.96. The van der Waals surface area contributed by atoms with Crippen LogP contribution in [0.4, 0.5) is 5.69 Å². The minimum absolute atomic E-state index is 0.597. The molecule has 2 unspecified atom stereocenters. The Balaban J connectivity index is 1.85. The monoisotopic (exact) mass is 278 g/mol. The van der Waals surface area contributed by atoms with Gasteiger partial charge in [0, 0.05) is 17.6 Å². The second-order valence-corrected chi connectivity index (χ2v) is 6.27. The Morgan fingerprint density at radius 3 is 2.62 bits per heavy atom. The number of anilines is 1. The first-order valence-electron chi connectivity index (χ1n) is 8.01. The van der Waals surface area contributed by atoms with Crippen molar-refractivity contribution in [3.63, 3.8) is 0 Å².